The highest BCUT2D eigenvalue weighted by atomic mass is 16.4. The van der Waals surface area contributed by atoms with E-state index in [0.29, 0.717) is 23.3 Å². The van der Waals surface area contributed by atoms with Gasteiger partial charge in [-0.1, -0.05) is 6.92 Å². The summed E-state index contributed by atoms with van der Waals surface area (Å²) < 4.78 is 5.14. The molecule has 5 heteroatoms. The number of fused-ring (bicyclic) bond motifs is 2. The lowest BCUT2D eigenvalue weighted by atomic mass is 9.80. The van der Waals surface area contributed by atoms with E-state index in [9.17, 15) is 14.9 Å². The van der Waals surface area contributed by atoms with Crippen LogP contribution in [0.2, 0.25) is 0 Å². The number of hydrogen-bond donors (Lipinski definition) is 0. The Bertz CT molecular complexity index is 831. The lowest BCUT2D eigenvalue weighted by molar-refractivity contribution is -0.121. The summed E-state index contributed by atoms with van der Waals surface area (Å²) in [6.07, 6.45) is 0.377. The molecule has 1 unspecified atom stereocenters. The maximum absolute atomic E-state index is 12.4. The fourth-order valence-electron chi connectivity index (χ4n) is 2.76. The summed E-state index contributed by atoms with van der Waals surface area (Å²) >= 11 is 0. The number of rotatable bonds is 1. The molecule has 0 spiro atoms. The molecule has 1 aliphatic heterocycles. The molecule has 2 aromatic rings. The van der Waals surface area contributed by atoms with Crippen molar-refractivity contribution in [1.82, 2.24) is 0 Å². The van der Waals surface area contributed by atoms with E-state index in [2.05, 4.69) is 6.07 Å². The second kappa shape index (κ2) is 3.94. The molecule has 1 aromatic heterocycles. The molecule has 1 amide bonds. The van der Waals surface area contributed by atoms with E-state index in [0.717, 1.165) is 5.39 Å². The van der Waals surface area contributed by atoms with Crippen molar-refractivity contribution in [2.24, 2.45) is 0 Å². The highest BCUT2D eigenvalue weighted by Crippen LogP contribution is 2.44. The molecule has 1 atom stereocenters. The number of nitriles is 1. The minimum atomic E-state index is -1.19. The molecule has 0 saturated carbocycles. The quantitative estimate of drug-likeness (QED) is 0.741. The normalized spacial score (nSPS) is 21.1. The number of benzene rings is 1. The molecule has 5 nitrogen and oxygen atoms in total. The van der Waals surface area contributed by atoms with Crippen LogP contribution < -0.4 is 10.5 Å². The molecule has 100 valence electrons. The first-order chi connectivity index (χ1) is 9.53. The molecule has 2 heterocycles. The third-order valence-corrected chi connectivity index (χ3v) is 3.95. The monoisotopic (exact) mass is 268 g/mol. The molecular formula is C15H12N2O3. The molecule has 0 bridgehead atoms. The number of likely N-dealkylation sites (N-methyl/N-ethyl adjacent to an activating group) is 1. The number of anilines is 1. The van der Waals surface area contributed by atoms with Crippen LogP contribution in [0.15, 0.2) is 33.5 Å². The van der Waals surface area contributed by atoms with Crippen molar-refractivity contribution in [2.75, 3.05) is 11.9 Å². The van der Waals surface area contributed by atoms with Crippen LogP contribution in [0.25, 0.3) is 11.0 Å². The molecule has 1 aliphatic rings. The average molecular weight is 268 g/mol. The van der Waals surface area contributed by atoms with Gasteiger partial charge in [0.05, 0.1) is 6.07 Å². The van der Waals surface area contributed by atoms with Crippen LogP contribution in [0, 0.1) is 11.3 Å². The summed E-state index contributed by atoms with van der Waals surface area (Å²) in [4.78, 5) is 25.2. The number of carbonyl (C=O) groups excluding carboxylic acids is 1. The molecule has 3 rings (SSSR count). The Balaban J connectivity index is 2.41. The maximum Gasteiger partial charge on any atom is 0.336 e. The van der Waals surface area contributed by atoms with Gasteiger partial charge >= 0.3 is 5.63 Å². The van der Waals surface area contributed by atoms with Gasteiger partial charge in [-0.05, 0) is 24.6 Å². The van der Waals surface area contributed by atoms with E-state index in [1.165, 1.54) is 11.0 Å². The predicted octanol–water partition coefficient (Wildman–Crippen LogP) is 1.94. The summed E-state index contributed by atoms with van der Waals surface area (Å²) in [6, 6.07) is 8.54. The van der Waals surface area contributed by atoms with Crippen molar-refractivity contribution in [3.8, 4) is 6.07 Å². The van der Waals surface area contributed by atoms with Gasteiger partial charge in [0.2, 0.25) is 0 Å². The van der Waals surface area contributed by atoms with Gasteiger partial charge < -0.3 is 9.32 Å². The van der Waals surface area contributed by atoms with E-state index in [1.807, 2.05) is 0 Å². The van der Waals surface area contributed by atoms with Crippen molar-refractivity contribution in [3.63, 3.8) is 0 Å². The van der Waals surface area contributed by atoms with Crippen LogP contribution >= 0.6 is 0 Å². The minimum Gasteiger partial charge on any atom is -0.423 e. The number of hydrogen-bond acceptors (Lipinski definition) is 4. The van der Waals surface area contributed by atoms with Gasteiger partial charge in [-0.2, -0.15) is 5.26 Å². The standard InChI is InChI=1S/C15H12N2O3/c1-3-15(8-16)10-7-12-9(4-5-13(18)20-12)6-11(10)17(2)14(15)19/h4-7H,3H2,1-2H3. The minimum absolute atomic E-state index is 0.241. The van der Waals surface area contributed by atoms with Crippen LogP contribution in [-0.2, 0) is 10.2 Å². The fraction of sp³-hybridized carbons (Fsp3) is 0.267. The third kappa shape index (κ3) is 1.36. The molecule has 0 aliphatic carbocycles. The summed E-state index contributed by atoms with van der Waals surface area (Å²) in [5.41, 5.74) is 0.0605. The van der Waals surface area contributed by atoms with Gasteiger partial charge in [-0.3, -0.25) is 4.79 Å². The number of amides is 1. The van der Waals surface area contributed by atoms with Crippen LogP contribution in [0.1, 0.15) is 18.9 Å². The van der Waals surface area contributed by atoms with Crippen molar-refractivity contribution in [3.05, 3.63) is 40.2 Å². The lowest BCUT2D eigenvalue weighted by Crippen LogP contribution is -2.36. The predicted molar refractivity (Wildman–Crippen MR) is 73.5 cm³/mol. The highest BCUT2D eigenvalue weighted by molar-refractivity contribution is 6.11. The van der Waals surface area contributed by atoms with Crippen LogP contribution in [-0.4, -0.2) is 13.0 Å². The molecule has 0 saturated heterocycles. The summed E-state index contributed by atoms with van der Waals surface area (Å²) in [5.74, 6) is -0.241. The van der Waals surface area contributed by atoms with Crippen LogP contribution in [0.3, 0.4) is 0 Å². The largest absolute Gasteiger partial charge is 0.423 e. The summed E-state index contributed by atoms with van der Waals surface area (Å²) in [5, 5.41) is 10.2. The van der Waals surface area contributed by atoms with Crippen molar-refractivity contribution in [2.45, 2.75) is 18.8 Å². The molecule has 1 aromatic carbocycles. The Kier molecular flexibility index (Phi) is 2.45. The topological polar surface area (TPSA) is 74.3 Å². The number of carbonyl (C=O) groups is 1. The van der Waals surface area contributed by atoms with Gasteiger partial charge in [-0.15, -0.1) is 0 Å². The van der Waals surface area contributed by atoms with E-state index < -0.39 is 11.0 Å². The van der Waals surface area contributed by atoms with Crippen molar-refractivity contribution in [1.29, 1.82) is 5.26 Å². The van der Waals surface area contributed by atoms with Gasteiger partial charge in [0.15, 0.2) is 5.41 Å². The molecule has 20 heavy (non-hydrogen) atoms. The van der Waals surface area contributed by atoms with Crippen molar-refractivity contribution < 1.29 is 9.21 Å². The SMILES string of the molecule is CCC1(C#N)C(=O)N(C)c2cc3ccc(=O)oc3cc21. The first-order valence-electron chi connectivity index (χ1n) is 6.31. The van der Waals surface area contributed by atoms with Crippen molar-refractivity contribution >= 4 is 22.6 Å². The van der Waals surface area contributed by atoms with Crippen LogP contribution in [0.5, 0.6) is 0 Å². The Hall–Kier alpha value is -2.61. The Morgan fingerprint density at radius 1 is 1.35 bits per heavy atom. The lowest BCUT2D eigenvalue weighted by Gasteiger charge is -2.17. The Morgan fingerprint density at radius 3 is 2.75 bits per heavy atom. The smallest absolute Gasteiger partial charge is 0.336 e. The van der Waals surface area contributed by atoms with Gasteiger partial charge in [0, 0.05) is 29.8 Å². The summed E-state index contributed by atoms with van der Waals surface area (Å²) in [7, 11) is 1.65. The zero-order valence-electron chi connectivity index (χ0n) is 11.1. The van der Waals surface area contributed by atoms with Crippen LogP contribution in [0.4, 0.5) is 5.69 Å². The molecular weight excluding hydrogens is 256 g/mol. The first kappa shape index (κ1) is 12.4. The zero-order chi connectivity index (χ0) is 14.5. The number of nitrogens with zero attached hydrogens (tertiary/aromatic N) is 2. The van der Waals surface area contributed by atoms with Gasteiger partial charge in [0.25, 0.3) is 5.91 Å². The average Bonchev–Trinajstić information content (AvgIpc) is 2.66. The maximum atomic E-state index is 12.4. The van der Waals surface area contributed by atoms with Gasteiger partial charge in [-0.25, -0.2) is 4.79 Å². The second-order valence-electron chi connectivity index (χ2n) is 4.90. The second-order valence-corrected chi connectivity index (χ2v) is 4.90. The van der Waals surface area contributed by atoms with E-state index >= 15 is 0 Å². The van der Waals surface area contributed by atoms with Gasteiger partial charge in [0.1, 0.15) is 5.58 Å². The zero-order valence-corrected chi connectivity index (χ0v) is 11.1. The van der Waals surface area contributed by atoms with E-state index in [4.69, 9.17) is 4.42 Å². The fourth-order valence-corrected chi connectivity index (χ4v) is 2.76. The van der Waals surface area contributed by atoms with E-state index in [1.54, 1.807) is 32.2 Å². The highest BCUT2D eigenvalue weighted by Gasteiger charge is 2.49. The molecule has 0 N–H and O–H groups in total. The Labute approximate surface area is 115 Å². The molecule has 0 radical (unpaired) electrons. The Morgan fingerprint density at radius 2 is 2.10 bits per heavy atom. The summed E-state index contributed by atoms with van der Waals surface area (Å²) in [6.45, 7) is 1.80. The third-order valence-electron chi connectivity index (χ3n) is 3.95. The van der Waals surface area contributed by atoms with E-state index in [-0.39, 0.29) is 5.91 Å². The molecule has 0 fully saturated rings. The first-order valence-corrected chi connectivity index (χ1v) is 6.31.